The molecule has 9 heteroatoms. The predicted molar refractivity (Wildman–Crippen MR) is 149 cm³/mol. The van der Waals surface area contributed by atoms with E-state index in [0.717, 1.165) is 65.9 Å². The minimum absolute atomic E-state index is 0.169. The molecule has 1 N–H and O–H groups in total. The van der Waals surface area contributed by atoms with Crippen LogP contribution in [-0.2, 0) is 0 Å². The predicted octanol–water partition coefficient (Wildman–Crippen LogP) is 4.34. The number of ether oxygens (including phenoxy) is 1. The molecular formula is C29H36N6O3. The standard InChI is InChI=1S/C29H36N6O3/c1-33(2)12-13-35(4)29(36)25-18-38-28(32-25)24-17-31-27-23(24)14-21(16-30-27)20-6-7-22(26(15-20)37-5)19-8-10-34(3)11-9-19/h6-7,14-19H,8-13H2,1-5H3,(H,30,31). The number of oxazole rings is 1. The van der Waals surface area contributed by atoms with Crippen molar-refractivity contribution in [2.45, 2.75) is 18.8 Å². The zero-order chi connectivity index (χ0) is 26.8. The third-order valence-corrected chi connectivity index (χ3v) is 7.44. The number of pyridine rings is 1. The molecule has 1 saturated heterocycles. The molecule has 5 rings (SSSR count). The lowest BCUT2D eigenvalue weighted by atomic mass is 9.88. The molecule has 3 aromatic heterocycles. The topological polar surface area (TPSA) is 90.7 Å². The second kappa shape index (κ2) is 11.0. The summed E-state index contributed by atoms with van der Waals surface area (Å²) in [5.41, 5.74) is 5.05. The molecule has 1 amide bonds. The number of H-pyrrole nitrogens is 1. The molecule has 38 heavy (non-hydrogen) atoms. The molecule has 1 aromatic carbocycles. The first-order valence-corrected chi connectivity index (χ1v) is 13.0. The summed E-state index contributed by atoms with van der Waals surface area (Å²) in [5.74, 6) is 1.64. The van der Waals surface area contributed by atoms with E-state index in [1.54, 1.807) is 19.1 Å². The van der Waals surface area contributed by atoms with Crippen molar-refractivity contribution >= 4 is 16.9 Å². The Morgan fingerprint density at radius 1 is 1.16 bits per heavy atom. The number of amides is 1. The van der Waals surface area contributed by atoms with E-state index >= 15 is 0 Å². The maximum Gasteiger partial charge on any atom is 0.275 e. The molecule has 0 saturated carbocycles. The molecule has 1 aliphatic rings. The minimum Gasteiger partial charge on any atom is -0.496 e. The summed E-state index contributed by atoms with van der Waals surface area (Å²) >= 11 is 0. The minimum atomic E-state index is -0.169. The zero-order valence-corrected chi connectivity index (χ0v) is 22.8. The summed E-state index contributed by atoms with van der Waals surface area (Å²) in [4.78, 5) is 31.2. The van der Waals surface area contributed by atoms with Crippen molar-refractivity contribution in [1.82, 2.24) is 29.7 Å². The number of nitrogens with one attached hydrogen (secondary N) is 1. The third-order valence-electron chi connectivity index (χ3n) is 7.44. The SMILES string of the molecule is COc1cc(-c2cnc3[nH]cc(-c4nc(C(=O)N(C)CCN(C)C)co4)c3c2)ccc1C1CCN(C)CC1. The Labute approximate surface area is 223 Å². The summed E-state index contributed by atoms with van der Waals surface area (Å²) in [6.07, 6.45) is 7.38. The molecule has 0 radical (unpaired) electrons. The fourth-order valence-electron chi connectivity index (χ4n) is 5.03. The van der Waals surface area contributed by atoms with Gasteiger partial charge in [0.15, 0.2) is 5.69 Å². The first-order chi connectivity index (χ1) is 18.3. The number of piperidine rings is 1. The van der Waals surface area contributed by atoms with Gasteiger partial charge in [-0.1, -0.05) is 12.1 Å². The van der Waals surface area contributed by atoms with Crippen LogP contribution in [0.3, 0.4) is 0 Å². The van der Waals surface area contributed by atoms with Gasteiger partial charge in [-0.05, 0) is 76.3 Å². The van der Waals surface area contributed by atoms with Gasteiger partial charge in [-0.3, -0.25) is 4.79 Å². The lowest BCUT2D eigenvalue weighted by Gasteiger charge is -2.30. The van der Waals surface area contributed by atoms with Gasteiger partial charge in [-0.2, -0.15) is 0 Å². The first kappa shape index (κ1) is 25.9. The van der Waals surface area contributed by atoms with E-state index in [0.29, 0.717) is 18.4 Å². The highest BCUT2D eigenvalue weighted by Gasteiger charge is 2.23. The Morgan fingerprint density at radius 2 is 1.95 bits per heavy atom. The van der Waals surface area contributed by atoms with Gasteiger partial charge >= 0.3 is 0 Å². The van der Waals surface area contributed by atoms with Gasteiger partial charge in [0.25, 0.3) is 5.91 Å². The molecule has 1 fully saturated rings. The Morgan fingerprint density at radius 3 is 2.68 bits per heavy atom. The highest BCUT2D eigenvalue weighted by atomic mass is 16.5. The van der Waals surface area contributed by atoms with Crippen LogP contribution in [0.25, 0.3) is 33.6 Å². The number of carbonyl (C=O) groups is 1. The van der Waals surface area contributed by atoms with Crippen LogP contribution in [0.1, 0.15) is 34.8 Å². The maximum absolute atomic E-state index is 12.8. The number of hydrogen-bond donors (Lipinski definition) is 1. The quantitative estimate of drug-likeness (QED) is 0.373. The molecule has 0 spiro atoms. The maximum atomic E-state index is 12.8. The van der Waals surface area contributed by atoms with E-state index < -0.39 is 0 Å². The first-order valence-electron chi connectivity index (χ1n) is 13.0. The summed E-state index contributed by atoms with van der Waals surface area (Å²) in [6, 6.07) is 8.53. The lowest BCUT2D eigenvalue weighted by Crippen LogP contribution is -2.33. The van der Waals surface area contributed by atoms with E-state index in [-0.39, 0.29) is 11.6 Å². The third kappa shape index (κ3) is 5.30. The highest BCUT2D eigenvalue weighted by Crippen LogP contribution is 2.37. The van der Waals surface area contributed by atoms with Gasteiger partial charge in [0.1, 0.15) is 17.7 Å². The molecule has 0 atom stereocenters. The number of methoxy groups -OCH3 is 1. The second-order valence-electron chi connectivity index (χ2n) is 10.4. The van der Waals surface area contributed by atoms with Gasteiger partial charge in [0.05, 0.1) is 12.7 Å². The van der Waals surface area contributed by atoms with Gasteiger partial charge < -0.3 is 28.8 Å². The number of hydrogen-bond acceptors (Lipinski definition) is 7. The van der Waals surface area contributed by atoms with E-state index in [4.69, 9.17) is 9.15 Å². The van der Waals surface area contributed by atoms with Gasteiger partial charge in [-0.25, -0.2) is 9.97 Å². The fraction of sp³-hybridized carbons (Fsp3) is 0.414. The van der Waals surface area contributed by atoms with Crippen LogP contribution in [0.2, 0.25) is 0 Å². The van der Waals surface area contributed by atoms with Crippen molar-refractivity contribution in [3.05, 3.63) is 54.2 Å². The number of fused-ring (bicyclic) bond motifs is 1. The summed E-state index contributed by atoms with van der Waals surface area (Å²) in [5, 5.41) is 0.877. The molecule has 0 bridgehead atoms. The van der Waals surface area contributed by atoms with E-state index in [1.165, 1.54) is 11.8 Å². The number of likely N-dealkylation sites (tertiary alicyclic amines) is 1. The normalized spacial score (nSPS) is 14.9. The smallest absolute Gasteiger partial charge is 0.275 e. The molecule has 0 aliphatic carbocycles. The Kier molecular flexibility index (Phi) is 7.49. The van der Waals surface area contributed by atoms with Crippen molar-refractivity contribution in [3.8, 4) is 28.3 Å². The largest absolute Gasteiger partial charge is 0.496 e. The molecule has 4 aromatic rings. The molecule has 1 aliphatic heterocycles. The number of nitrogens with zero attached hydrogens (tertiary/aromatic N) is 5. The number of carbonyl (C=O) groups excluding carboxylic acids is 1. The Balaban J connectivity index is 1.41. The number of rotatable bonds is 8. The zero-order valence-electron chi connectivity index (χ0n) is 22.8. The Bertz CT molecular complexity index is 1420. The second-order valence-corrected chi connectivity index (χ2v) is 10.4. The van der Waals surface area contributed by atoms with Gasteiger partial charge in [0.2, 0.25) is 5.89 Å². The number of benzene rings is 1. The van der Waals surface area contributed by atoms with Gasteiger partial charge in [0, 0.05) is 43.5 Å². The van der Waals surface area contributed by atoms with Crippen molar-refractivity contribution in [2.75, 3.05) is 61.5 Å². The summed E-state index contributed by atoms with van der Waals surface area (Å²) in [6.45, 7) is 3.59. The van der Waals surface area contributed by atoms with Crippen LogP contribution in [0.15, 0.2) is 47.3 Å². The summed E-state index contributed by atoms with van der Waals surface area (Å²) in [7, 11) is 9.64. The van der Waals surface area contributed by atoms with Crippen LogP contribution < -0.4 is 4.74 Å². The molecule has 9 nitrogen and oxygen atoms in total. The lowest BCUT2D eigenvalue weighted by molar-refractivity contribution is 0.0780. The number of likely N-dealkylation sites (N-methyl/N-ethyl adjacent to an activating group) is 2. The average molecular weight is 517 g/mol. The highest BCUT2D eigenvalue weighted by molar-refractivity contribution is 5.96. The molecule has 4 heterocycles. The van der Waals surface area contributed by atoms with E-state index in [1.807, 2.05) is 31.4 Å². The van der Waals surface area contributed by atoms with Crippen LogP contribution in [0, 0.1) is 0 Å². The van der Waals surface area contributed by atoms with Crippen LogP contribution >= 0.6 is 0 Å². The van der Waals surface area contributed by atoms with E-state index in [9.17, 15) is 4.79 Å². The Hall–Kier alpha value is -3.69. The van der Waals surface area contributed by atoms with E-state index in [2.05, 4.69) is 51.2 Å². The molecule has 200 valence electrons. The summed E-state index contributed by atoms with van der Waals surface area (Å²) < 4.78 is 11.6. The monoisotopic (exact) mass is 516 g/mol. The fourth-order valence-corrected chi connectivity index (χ4v) is 5.03. The van der Waals surface area contributed by atoms with Crippen molar-refractivity contribution < 1.29 is 13.9 Å². The van der Waals surface area contributed by atoms with Crippen molar-refractivity contribution in [2.24, 2.45) is 0 Å². The van der Waals surface area contributed by atoms with Crippen LogP contribution in [0.4, 0.5) is 0 Å². The van der Waals surface area contributed by atoms with Gasteiger partial charge in [-0.15, -0.1) is 0 Å². The van der Waals surface area contributed by atoms with Crippen LogP contribution in [0.5, 0.6) is 5.75 Å². The van der Waals surface area contributed by atoms with Crippen molar-refractivity contribution in [3.63, 3.8) is 0 Å². The number of aromatic amines is 1. The van der Waals surface area contributed by atoms with Crippen LogP contribution in [-0.4, -0.2) is 97.0 Å². The average Bonchev–Trinajstić information content (AvgIpc) is 3.58. The molecular weight excluding hydrogens is 480 g/mol. The number of aromatic nitrogens is 3. The van der Waals surface area contributed by atoms with Crippen molar-refractivity contribution in [1.29, 1.82) is 0 Å². The molecule has 0 unspecified atom stereocenters.